The number of nitrogens with zero attached hydrogens (tertiary/aromatic N) is 2. The van der Waals surface area contributed by atoms with Crippen molar-refractivity contribution in [2.45, 2.75) is 32.1 Å². The van der Waals surface area contributed by atoms with Gasteiger partial charge in [0.1, 0.15) is 11.5 Å². The van der Waals surface area contributed by atoms with Crippen molar-refractivity contribution in [2.24, 2.45) is 11.8 Å². The molecule has 0 bridgehead atoms. The van der Waals surface area contributed by atoms with Gasteiger partial charge in [-0.2, -0.15) is 0 Å². The van der Waals surface area contributed by atoms with Gasteiger partial charge in [-0.1, -0.05) is 147 Å². The highest BCUT2D eigenvalue weighted by Gasteiger charge is 2.50. The minimum absolute atomic E-state index is 0.469. The summed E-state index contributed by atoms with van der Waals surface area (Å²) in [6, 6.07) is 54.3. The van der Waals surface area contributed by atoms with Crippen LogP contribution in [0.25, 0.3) is 50.5 Å². The van der Waals surface area contributed by atoms with Crippen LogP contribution in [0.15, 0.2) is 158 Å². The van der Waals surface area contributed by atoms with E-state index in [1.807, 2.05) is 0 Å². The van der Waals surface area contributed by atoms with Crippen molar-refractivity contribution in [3.63, 3.8) is 0 Å². The van der Waals surface area contributed by atoms with E-state index >= 15 is 0 Å². The molecule has 0 fully saturated rings. The number of para-hydroxylation sites is 1. The van der Waals surface area contributed by atoms with Gasteiger partial charge in [0.25, 0.3) is 0 Å². The Balaban J connectivity index is 1.10. The Morgan fingerprint density at radius 3 is 1.88 bits per heavy atom. The Labute approximate surface area is 305 Å². The van der Waals surface area contributed by atoms with Gasteiger partial charge >= 0.3 is 0 Å². The predicted octanol–water partition coefficient (Wildman–Crippen LogP) is 12.4. The van der Waals surface area contributed by atoms with E-state index in [0.717, 1.165) is 69.4 Å². The molecule has 2 unspecified atom stereocenters. The predicted molar refractivity (Wildman–Crippen MR) is 211 cm³/mol. The van der Waals surface area contributed by atoms with Crippen LogP contribution in [0.3, 0.4) is 0 Å². The summed E-state index contributed by atoms with van der Waals surface area (Å²) in [5, 5.41) is 0. The zero-order valence-corrected chi connectivity index (χ0v) is 29.4. The maximum atomic E-state index is 6.80. The second-order valence-electron chi connectivity index (χ2n) is 14.7. The smallest absolute Gasteiger partial charge is 0.160 e. The number of hydrogen-bond acceptors (Lipinski definition) is 3. The first kappa shape index (κ1) is 30.7. The summed E-state index contributed by atoms with van der Waals surface area (Å²) < 4.78 is 6.80. The minimum atomic E-state index is -0.469. The van der Waals surface area contributed by atoms with Crippen LogP contribution >= 0.6 is 0 Å². The molecule has 0 saturated heterocycles. The monoisotopic (exact) mass is 670 g/mol. The number of allylic oxidation sites excluding steroid dienone is 2. The summed E-state index contributed by atoms with van der Waals surface area (Å²) in [6.07, 6.45) is 4.50. The number of ether oxygens (including phenoxy) is 1. The van der Waals surface area contributed by atoms with Crippen LogP contribution in [0, 0.1) is 11.8 Å². The van der Waals surface area contributed by atoms with Gasteiger partial charge in [0.05, 0.1) is 16.8 Å². The Morgan fingerprint density at radius 2 is 1.12 bits per heavy atom. The topological polar surface area (TPSA) is 35.0 Å². The summed E-state index contributed by atoms with van der Waals surface area (Å²) >= 11 is 0. The lowest BCUT2D eigenvalue weighted by Crippen LogP contribution is -2.32. The summed E-state index contributed by atoms with van der Waals surface area (Å²) in [7, 11) is 0. The molecule has 3 nitrogen and oxygen atoms in total. The van der Waals surface area contributed by atoms with E-state index < -0.39 is 5.41 Å². The molecule has 1 spiro atoms. The maximum Gasteiger partial charge on any atom is 0.160 e. The standard InChI is InChI=1S/C49H38N2O/c1-31-23-24-36(27-32(31)2)45-30-44(33-13-4-3-5-14-33)50-48(51-45)37-16-12-15-34(28-37)35-25-26-43-47(29-35)52-46-22-11-10-21-42(46)49(43)40-19-8-6-17-38(40)39-18-7-9-20-41(39)49/h3-22,24-26,28-32H,23,27H2,1-2H3. The highest BCUT2D eigenvalue weighted by atomic mass is 16.5. The van der Waals surface area contributed by atoms with Crippen molar-refractivity contribution in [2.75, 3.05) is 0 Å². The Hall–Kier alpha value is -6.06. The third-order valence-electron chi connectivity index (χ3n) is 11.7. The van der Waals surface area contributed by atoms with E-state index in [2.05, 4.69) is 172 Å². The van der Waals surface area contributed by atoms with Crippen LogP contribution in [0.2, 0.25) is 0 Å². The average molecular weight is 671 g/mol. The quantitative estimate of drug-likeness (QED) is 0.187. The molecule has 0 radical (unpaired) electrons. The summed E-state index contributed by atoms with van der Waals surface area (Å²) in [4.78, 5) is 10.4. The van der Waals surface area contributed by atoms with E-state index in [1.165, 1.54) is 33.4 Å². The van der Waals surface area contributed by atoms with Crippen LogP contribution in [0.5, 0.6) is 11.5 Å². The molecule has 0 amide bonds. The Bertz CT molecular complexity index is 2500. The molecule has 1 aliphatic heterocycles. The molecule has 10 rings (SSSR count). The zero-order chi connectivity index (χ0) is 34.8. The molecule has 250 valence electrons. The fourth-order valence-corrected chi connectivity index (χ4v) is 8.78. The van der Waals surface area contributed by atoms with E-state index in [-0.39, 0.29) is 0 Å². The number of hydrogen-bond donors (Lipinski definition) is 0. The molecule has 1 aromatic heterocycles. The fraction of sp³-hybridized carbons (Fsp3) is 0.143. The van der Waals surface area contributed by atoms with Crippen LogP contribution in [0.1, 0.15) is 54.6 Å². The van der Waals surface area contributed by atoms with Crippen LogP contribution < -0.4 is 4.74 Å². The third kappa shape index (κ3) is 4.73. The first-order valence-corrected chi connectivity index (χ1v) is 18.4. The first-order chi connectivity index (χ1) is 25.6. The highest BCUT2D eigenvalue weighted by Crippen LogP contribution is 2.62. The summed E-state index contributed by atoms with van der Waals surface area (Å²) in [6.45, 7) is 4.70. The molecular formula is C49H38N2O. The zero-order valence-electron chi connectivity index (χ0n) is 29.4. The lowest BCUT2D eigenvalue weighted by molar-refractivity contribution is 0.386. The second-order valence-corrected chi connectivity index (χ2v) is 14.7. The maximum absolute atomic E-state index is 6.80. The number of fused-ring (bicyclic) bond motifs is 9. The molecule has 2 heterocycles. The number of rotatable bonds is 4. The van der Waals surface area contributed by atoms with Crippen molar-refractivity contribution in [1.29, 1.82) is 0 Å². The van der Waals surface area contributed by atoms with Crippen molar-refractivity contribution in [3.8, 4) is 56.4 Å². The molecule has 2 aliphatic carbocycles. The van der Waals surface area contributed by atoms with Gasteiger partial charge in [-0.15, -0.1) is 0 Å². The van der Waals surface area contributed by atoms with Crippen LogP contribution in [-0.4, -0.2) is 9.97 Å². The highest BCUT2D eigenvalue weighted by molar-refractivity contribution is 5.89. The van der Waals surface area contributed by atoms with Gasteiger partial charge in [0.15, 0.2) is 5.82 Å². The molecule has 0 N–H and O–H groups in total. The van der Waals surface area contributed by atoms with Gasteiger partial charge in [-0.25, -0.2) is 9.97 Å². The SMILES string of the molecule is CC1CC=C(c2cc(-c3ccccc3)nc(-c3cccc(-c4ccc5c(c4)Oc4ccccc4C54c5ccccc5-c5ccccc54)c3)n2)CC1C. The Kier molecular flexibility index (Phi) is 7.11. The lowest BCUT2D eigenvalue weighted by atomic mass is 9.66. The van der Waals surface area contributed by atoms with E-state index in [1.54, 1.807) is 0 Å². The number of aromatic nitrogens is 2. The first-order valence-electron chi connectivity index (χ1n) is 18.4. The molecule has 6 aromatic carbocycles. The minimum Gasteiger partial charge on any atom is -0.457 e. The van der Waals surface area contributed by atoms with E-state index in [9.17, 15) is 0 Å². The molecule has 7 aromatic rings. The normalized spacial score (nSPS) is 17.7. The van der Waals surface area contributed by atoms with Crippen LogP contribution in [0.4, 0.5) is 0 Å². The largest absolute Gasteiger partial charge is 0.457 e. The summed E-state index contributed by atoms with van der Waals surface area (Å²) in [5.74, 6) is 3.81. The molecule has 3 heteroatoms. The third-order valence-corrected chi connectivity index (χ3v) is 11.7. The number of benzene rings is 6. The Morgan fingerprint density at radius 1 is 0.500 bits per heavy atom. The second kappa shape index (κ2) is 12.0. The van der Waals surface area contributed by atoms with Crippen LogP contribution in [-0.2, 0) is 5.41 Å². The molecule has 2 atom stereocenters. The average Bonchev–Trinajstić information content (AvgIpc) is 3.49. The van der Waals surface area contributed by atoms with Gasteiger partial charge in [0.2, 0.25) is 0 Å². The fourth-order valence-electron chi connectivity index (χ4n) is 8.78. The van der Waals surface area contributed by atoms with Gasteiger partial charge < -0.3 is 4.74 Å². The van der Waals surface area contributed by atoms with E-state index in [0.29, 0.717) is 11.8 Å². The molecule has 3 aliphatic rings. The summed E-state index contributed by atoms with van der Waals surface area (Å²) in [5.41, 5.74) is 14.6. The van der Waals surface area contributed by atoms with Gasteiger partial charge in [-0.05, 0) is 87.9 Å². The lowest BCUT2D eigenvalue weighted by Gasteiger charge is -2.39. The van der Waals surface area contributed by atoms with Gasteiger partial charge in [-0.3, -0.25) is 0 Å². The van der Waals surface area contributed by atoms with E-state index in [4.69, 9.17) is 14.7 Å². The molecular weight excluding hydrogens is 633 g/mol. The van der Waals surface area contributed by atoms with Gasteiger partial charge in [0, 0.05) is 22.3 Å². The van der Waals surface area contributed by atoms with Crippen molar-refractivity contribution >= 4 is 5.57 Å². The van der Waals surface area contributed by atoms with Crippen molar-refractivity contribution < 1.29 is 4.74 Å². The molecule has 0 saturated carbocycles. The van der Waals surface area contributed by atoms with Crippen molar-refractivity contribution in [3.05, 3.63) is 186 Å². The van der Waals surface area contributed by atoms with Crippen molar-refractivity contribution in [1.82, 2.24) is 9.97 Å². The molecule has 52 heavy (non-hydrogen) atoms.